The highest BCUT2D eigenvalue weighted by Gasteiger charge is 2.11. The SMILES string of the molecule is N=C(N=C(N)C1C=CC=CC1)C1=CI=CC=C1. The van der Waals surface area contributed by atoms with Crippen molar-refractivity contribution < 1.29 is 0 Å². The van der Waals surface area contributed by atoms with E-state index in [1.54, 1.807) is 0 Å². The topological polar surface area (TPSA) is 62.2 Å². The van der Waals surface area contributed by atoms with Gasteiger partial charge in [-0.25, -0.2) is 4.99 Å². The summed E-state index contributed by atoms with van der Waals surface area (Å²) in [6.45, 7) is 0. The number of halogens is 1. The van der Waals surface area contributed by atoms with Crippen molar-refractivity contribution in [3.05, 3.63) is 46.1 Å². The highest BCUT2D eigenvalue weighted by molar-refractivity contribution is 14.2. The highest BCUT2D eigenvalue weighted by atomic mass is 127. The molecule has 3 N–H and O–H groups in total. The van der Waals surface area contributed by atoms with Crippen molar-refractivity contribution in [2.24, 2.45) is 16.6 Å². The van der Waals surface area contributed by atoms with Crippen LogP contribution in [0.25, 0.3) is 0 Å². The largest absolute Gasteiger partial charge is 0.387 e. The molecule has 0 amide bonds. The highest BCUT2D eigenvalue weighted by Crippen LogP contribution is 2.15. The molecule has 88 valence electrons. The third-order valence-corrected chi connectivity index (χ3v) is 4.34. The van der Waals surface area contributed by atoms with Crippen LogP contribution >= 0.6 is 20.7 Å². The molecule has 0 aromatic rings. The molecule has 1 unspecified atom stereocenters. The lowest BCUT2D eigenvalue weighted by Crippen LogP contribution is -2.24. The fourth-order valence-electron chi connectivity index (χ4n) is 1.53. The Bertz CT molecular complexity index is 493. The van der Waals surface area contributed by atoms with E-state index in [1.165, 1.54) is 0 Å². The summed E-state index contributed by atoms with van der Waals surface area (Å²) in [5.41, 5.74) is 6.82. The molecule has 3 nitrogen and oxygen atoms in total. The molecular weight excluding hydrogens is 325 g/mol. The van der Waals surface area contributed by atoms with E-state index in [0.29, 0.717) is 5.84 Å². The fraction of sp³-hybridized carbons (Fsp3) is 0.154. The Morgan fingerprint density at radius 1 is 1.41 bits per heavy atom. The monoisotopic (exact) mass is 339 g/mol. The summed E-state index contributed by atoms with van der Waals surface area (Å²) < 4.78 is 4.24. The molecule has 17 heavy (non-hydrogen) atoms. The van der Waals surface area contributed by atoms with Crippen molar-refractivity contribution >= 4 is 36.4 Å². The van der Waals surface area contributed by atoms with Crippen molar-refractivity contribution in [3.63, 3.8) is 0 Å². The molecule has 0 aromatic heterocycles. The molecule has 1 aliphatic heterocycles. The standard InChI is InChI=1S/C13H14IN3/c15-12(10-5-2-1-3-6-10)17-13(16)11-7-4-8-14-9-11/h1-5,7-10H,6H2,(H3,15,16,17). The Morgan fingerprint density at radius 3 is 2.94 bits per heavy atom. The van der Waals surface area contributed by atoms with Gasteiger partial charge in [0, 0.05) is 11.5 Å². The van der Waals surface area contributed by atoms with E-state index >= 15 is 0 Å². The van der Waals surface area contributed by atoms with Crippen LogP contribution < -0.4 is 5.73 Å². The maximum atomic E-state index is 7.91. The number of hydrogen-bond acceptors (Lipinski definition) is 1. The van der Waals surface area contributed by atoms with Gasteiger partial charge in [-0.2, -0.15) is 0 Å². The maximum absolute atomic E-state index is 7.91. The van der Waals surface area contributed by atoms with Crippen LogP contribution in [-0.2, 0) is 0 Å². The molecule has 0 saturated carbocycles. The summed E-state index contributed by atoms with van der Waals surface area (Å²) in [5, 5.41) is 7.91. The van der Waals surface area contributed by atoms with Gasteiger partial charge in [-0.3, -0.25) is 5.41 Å². The Hall–Kier alpha value is -1.30. The summed E-state index contributed by atoms with van der Waals surface area (Å²) in [6, 6.07) is 0. The zero-order valence-corrected chi connectivity index (χ0v) is 11.5. The molecule has 0 spiro atoms. The summed E-state index contributed by atoms with van der Waals surface area (Å²) in [4.78, 5) is 4.20. The number of nitrogens with zero attached hydrogens (tertiary/aromatic N) is 1. The molecule has 0 bridgehead atoms. The Morgan fingerprint density at radius 2 is 2.29 bits per heavy atom. The van der Waals surface area contributed by atoms with Crippen LogP contribution in [0.15, 0.2) is 51.1 Å². The molecule has 2 rings (SSSR count). The van der Waals surface area contributed by atoms with Crippen molar-refractivity contribution in [1.82, 2.24) is 0 Å². The molecule has 1 aliphatic carbocycles. The molecule has 1 heterocycles. The van der Waals surface area contributed by atoms with E-state index in [-0.39, 0.29) is 32.5 Å². The van der Waals surface area contributed by atoms with Crippen molar-refractivity contribution in [2.45, 2.75) is 6.42 Å². The maximum Gasteiger partial charge on any atom is 0.154 e. The average Bonchev–Trinajstić information content (AvgIpc) is 2.40. The molecule has 2 aliphatic rings. The molecule has 0 radical (unpaired) electrons. The lowest BCUT2D eigenvalue weighted by molar-refractivity contribution is 0.860. The van der Waals surface area contributed by atoms with Crippen LogP contribution in [0.1, 0.15) is 6.42 Å². The number of rotatable bonds is 2. The Balaban J connectivity index is 2.08. The van der Waals surface area contributed by atoms with Gasteiger partial charge < -0.3 is 5.73 Å². The van der Waals surface area contributed by atoms with Gasteiger partial charge in [0.25, 0.3) is 0 Å². The quantitative estimate of drug-likeness (QED) is 0.454. The first kappa shape index (κ1) is 12.2. The van der Waals surface area contributed by atoms with Crippen LogP contribution in [0.3, 0.4) is 0 Å². The summed E-state index contributed by atoms with van der Waals surface area (Å²) in [5.74, 6) is 0.932. The normalized spacial score (nSPS) is 23.2. The third kappa shape index (κ3) is 3.33. The first-order chi connectivity index (χ1) is 8.27. The lowest BCUT2D eigenvalue weighted by atomic mass is 10.00. The van der Waals surface area contributed by atoms with Crippen molar-refractivity contribution in [1.29, 1.82) is 5.41 Å². The van der Waals surface area contributed by atoms with Gasteiger partial charge in [0.1, 0.15) is 5.84 Å². The second kappa shape index (κ2) is 5.86. The van der Waals surface area contributed by atoms with Crippen LogP contribution in [0.4, 0.5) is 0 Å². The number of allylic oxidation sites excluding steroid dienone is 4. The van der Waals surface area contributed by atoms with E-state index in [9.17, 15) is 0 Å². The van der Waals surface area contributed by atoms with Crippen LogP contribution in [0.2, 0.25) is 0 Å². The number of nitrogens with one attached hydrogen (secondary N) is 1. The Kier molecular flexibility index (Phi) is 4.19. The van der Waals surface area contributed by atoms with E-state index in [2.05, 4.69) is 19.2 Å². The minimum absolute atomic E-state index is 0.0503. The van der Waals surface area contributed by atoms with Crippen LogP contribution in [-0.4, -0.2) is 15.7 Å². The number of hydrogen-bond donors (Lipinski definition) is 2. The van der Waals surface area contributed by atoms with Crippen LogP contribution in [0, 0.1) is 11.3 Å². The first-order valence-corrected chi connectivity index (χ1v) is 7.85. The van der Waals surface area contributed by atoms with E-state index in [0.717, 1.165) is 12.0 Å². The summed E-state index contributed by atoms with van der Waals surface area (Å²) >= 11 is -0.0503. The van der Waals surface area contributed by atoms with E-state index < -0.39 is 0 Å². The van der Waals surface area contributed by atoms with Crippen molar-refractivity contribution in [3.8, 4) is 0 Å². The fourth-order valence-corrected chi connectivity index (χ4v) is 3.07. The van der Waals surface area contributed by atoms with Gasteiger partial charge in [-0.15, -0.1) is 0 Å². The molecule has 0 saturated heterocycles. The molecule has 4 heteroatoms. The molecule has 0 fully saturated rings. The predicted molar refractivity (Wildman–Crippen MR) is 83.0 cm³/mol. The van der Waals surface area contributed by atoms with Gasteiger partial charge in [0.2, 0.25) is 0 Å². The zero-order chi connectivity index (χ0) is 12.1. The van der Waals surface area contributed by atoms with Gasteiger partial charge in [0.15, 0.2) is 5.84 Å². The molecule has 1 atom stereocenters. The zero-order valence-electron chi connectivity index (χ0n) is 9.31. The number of aliphatic imine (C=N–C) groups is 1. The minimum atomic E-state index is -0.0503. The lowest BCUT2D eigenvalue weighted by Gasteiger charge is -2.12. The number of amidine groups is 2. The summed E-state index contributed by atoms with van der Waals surface area (Å²) in [7, 11) is 0. The van der Waals surface area contributed by atoms with E-state index in [1.807, 2.05) is 30.4 Å². The minimum Gasteiger partial charge on any atom is -0.387 e. The molecule has 0 aromatic carbocycles. The van der Waals surface area contributed by atoms with Crippen molar-refractivity contribution in [2.75, 3.05) is 0 Å². The number of nitrogens with two attached hydrogens (primary N) is 1. The van der Waals surface area contributed by atoms with Gasteiger partial charge in [-0.1, -0.05) is 57.2 Å². The van der Waals surface area contributed by atoms with Gasteiger partial charge >= 0.3 is 0 Å². The van der Waals surface area contributed by atoms with Gasteiger partial charge in [-0.05, 0) is 14.5 Å². The first-order valence-electron chi connectivity index (χ1n) is 5.35. The second-order valence-electron chi connectivity index (χ2n) is 3.72. The smallest absolute Gasteiger partial charge is 0.154 e. The molecular formula is C13H14IN3. The van der Waals surface area contributed by atoms with E-state index in [4.69, 9.17) is 11.1 Å². The average molecular weight is 339 g/mol. The van der Waals surface area contributed by atoms with Crippen LogP contribution in [0.5, 0.6) is 0 Å². The second-order valence-corrected chi connectivity index (χ2v) is 5.78. The predicted octanol–water partition coefficient (Wildman–Crippen LogP) is 2.68. The third-order valence-electron chi connectivity index (χ3n) is 2.48. The van der Waals surface area contributed by atoms with Gasteiger partial charge in [0.05, 0.1) is 0 Å². The summed E-state index contributed by atoms with van der Waals surface area (Å²) in [6.07, 6.45) is 12.8. The Labute approximate surface area is 111 Å².